The highest BCUT2D eigenvalue weighted by molar-refractivity contribution is 5.86. The van der Waals surface area contributed by atoms with Crippen LogP contribution < -0.4 is 0 Å². The molecule has 0 unspecified atom stereocenters. The normalized spacial score (nSPS) is 7.42. The largest absolute Gasteiger partial charge is 0.464 e. The summed E-state index contributed by atoms with van der Waals surface area (Å²) in [6.07, 6.45) is 1.49. The Hall–Kier alpha value is -0.870. The first kappa shape index (κ1) is 13.7. The molecule has 4 nitrogen and oxygen atoms in total. The fourth-order valence-corrected chi connectivity index (χ4v) is 0.515. The van der Waals surface area contributed by atoms with Crippen LogP contribution in [0.15, 0.2) is 18.3 Å². The number of halogens is 2. The minimum atomic E-state index is -0.465. The van der Waals surface area contributed by atoms with E-state index < -0.39 is 5.97 Å². The van der Waals surface area contributed by atoms with Gasteiger partial charge in [0.25, 0.3) is 0 Å². The summed E-state index contributed by atoms with van der Waals surface area (Å²) in [5.41, 5.74) is 0.227. The summed E-state index contributed by atoms with van der Waals surface area (Å²) in [7, 11) is 1.30. The molecule has 0 aromatic carbocycles. The average molecular weight is 211 g/mol. The van der Waals surface area contributed by atoms with E-state index in [0.717, 1.165) is 0 Å². The Morgan fingerprint density at radius 1 is 1.50 bits per heavy atom. The highest BCUT2D eigenvalue weighted by Gasteiger charge is 2.04. The molecule has 0 fully saturated rings. The van der Waals surface area contributed by atoms with Gasteiger partial charge in [-0.05, 0) is 12.1 Å². The molecule has 1 aromatic rings. The summed E-state index contributed by atoms with van der Waals surface area (Å²) in [4.78, 5) is 10.7. The molecule has 6 heteroatoms. The van der Waals surface area contributed by atoms with E-state index in [-0.39, 0.29) is 30.5 Å². The van der Waals surface area contributed by atoms with E-state index in [1.54, 1.807) is 12.1 Å². The summed E-state index contributed by atoms with van der Waals surface area (Å²) in [6.45, 7) is 0. The molecule has 0 aliphatic heterocycles. The van der Waals surface area contributed by atoms with Crippen LogP contribution >= 0.6 is 24.8 Å². The van der Waals surface area contributed by atoms with Crippen molar-refractivity contribution in [3.8, 4) is 0 Å². The molecular weight excluding hydrogens is 203 g/mol. The number of rotatable bonds is 1. The quantitative estimate of drug-likeness (QED) is 0.652. The second-order valence-electron chi connectivity index (χ2n) is 1.60. The van der Waals surface area contributed by atoms with Gasteiger partial charge >= 0.3 is 5.97 Å². The second-order valence-corrected chi connectivity index (χ2v) is 1.60. The molecule has 0 bridgehead atoms. The Balaban J connectivity index is 0. The van der Waals surface area contributed by atoms with Gasteiger partial charge in [-0.25, -0.2) is 4.79 Å². The maximum absolute atomic E-state index is 10.7. The molecule has 0 amide bonds. The van der Waals surface area contributed by atoms with Crippen molar-refractivity contribution in [3.63, 3.8) is 0 Å². The van der Waals surface area contributed by atoms with Gasteiger partial charge in [0, 0.05) is 6.20 Å². The van der Waals surface area contributed by atoms with Crippen LogP contribution in [-0.4, -0.2) is 23.3 Å². The van der Waals surface area contributed by atoms with E-state index in [9.17, 15) is 4.79 Å². The zero-order chi connectivity index (χ0) is 7.40. The fraction of sp³-hybridized carbons (Fsp3) is 0.167. The maximum Gasteiger partial charge on any atom is 0.358 e. The molecule has 0 saturated heterocycles. The highest BCUT2D eigenvalue weighted by Crippen LogP contribution is 1.91. The standard InChI is InChI=1S/C6H6N2O2.2ClH/c1-10-6(9)5-3-2-4-7-8-5;;/h2-4H,1H3;2*1H. The van der Waals surface area contributed by atoms with Crippen molar-refractivity contribution in [1.82, 2.24) is 10.2 Å². The predicted octanol–water partition coefficient (Wildman–Crippen LogP) is 1.11. The number of aromatic nitrogens is 2. The van der Waals surface area contributed by atoms with Gasteiger partial charge in [0.1, 0.15) is 0 Å². The predicted molar refractivity (Wildman–Crippen MR) is 47.9 cm³/mol. The molecule has 68 valence electrons. The van der Waals surface area contributed by atoms with Crippen molar-refractivity contribution in [2.24, 2.45) is 0 Å². The monoisotopic (exact) mass is 210 g/mol. The Labute approximate surface area is 82.2 Å². The molecule has 0 saturated carbocycles. The minimum absolute atomic E-state index is 0. The molecule has 0 atom stereocenters. The molecule has 0 radical (unpaired) electrons. The maximum atomic E-state index is 10.7. The number of methoxy groups -OCH3 is 1. The average Bonchev–Trinajstić information content (AvgIpc) is 2.05. The second kappa shape index (κ2) is 6.82. The minimum Gasteiger partial charge on any atom is -0.464 e. The number of carbonyl (C=O) groups is 1. The number of esters is 1. The Morgan fingerprint density at radius 2 is 2.17 bits per heavy atom. The zero-order valence-corrected chi connectivity index (χ0v) is 7.89. The summed E-state index contributed by atoms with van der Waals surface area (Å²) in [5, 5.41) is 7.03. The van der Waals surface area contributed by atoms with Crippen LogP contribution in [0.1, 0.15) is 10.5 Å². The third kappa shape index (κ3) is 3.50. The number of carbonyl (C=O) groups excluding carboxylic acids is 1. The summed E-state index contributed by atoms with van der Waals surface area (Å²) in [6, 6.07) is 3.16. The van der Waals surface area contributed by atoms with Crippen LogP contribution in [0.2, 0.25) is 0 Å². The van der Waals surface area contributed by atoms with Gasteiger partial charge in [0.2, 0.25) is 0 Å². The molecular formula is C6H8Cl2N2O2. The third-order valence-corrected chi connectivity index (χ3v) is 0.967. The molecule has 0 spiro atoms. The Bertz CT molecular complexity index is 230. The summed E-state index contributed by atoms with van der Waals surface area (Å²) >= 11 is 0. The topological polar surface area (TPSA) is 52.1 Å². The molecule has 0 aliphatic rings. The van der Waals surface area contributed by atoms with E-state index >= 15 is 0 Å². The Morgan fingerprint density at radius 3 is 2.58 bits per heavy atom. The van der Waals surface area contributed by atoms with Crippen molar-refractivity contribution in [2.75, 3.05) is 7.11 Å². The number of nitrogens with zero attached hydrogens (tertiary/aromatic N) is 2. The SMILES string of the molecule is COC(=O)c1cccnn1.Cl.Cl. The third-order valence-electron chi connectivity index (χ3n) is 0.967. The van der Waals surface area contributed by atoms with Crippen LogP contribution in [0, 0.1) is 0 Å². The van der Waals surface area contributed by atoms with Gasteiger partial charge in [-0.1, -0.05) is 0 Å². The van der Waals surface area contributed by atoms with Gasteiger partial charge in [-0.15, -0.1) is 29.9 Å². The van der Waals surface area contributed by atoms with Gasteiger partial charge in [-0.3, -0.25) is 0 Å². The molecule has 1 aromatic heterocycles. The first-order chi connectivity index (χ1) is 4.84. The van der Waals surface area contributed by atoms with E-state index in [1.165, 1.54) is 13.3 Å². The number of ether oxygens (including phenoxy) is 1. The van der Waals surface area contributed by atoms with Gasteiger partial charge in [-0.2, -0.15) is 5.10 Å². The van der Waals surface area contributed by atoms with Crippen LogP contribution in [0.3, 0.4) is 0 Å². The Kier molecular flexibility index (Phi) is 7.78. The first-order valence-corrected chi connectivity index (χ1v) is 2.70. The van der Waals surface area contributed by atoms with Gasteiger partial charge < -0.3 is 4.74 Å². The molecule has 0 aliphatic carbocycles. The molecule has 0 N–H and O–H groups in total. The smallest absolute Gasteiger partial charge is 0.358 e. The van der Waals surface area contributed by atoms with Crippen LogP contribution in [0.4, 0.5) is 0 Å². The van der Waals surface area contributed by atoms with E-state index in [2.05, 4.69) is 14.9 Å². The van der Waals surface area contributed by atoms with Crippen molar-refractivity contribution in [1.29, 1.82) is 0 Å². The lowest BCUT2D eigenvalue weighted by atomic mass is 10.4. The van der Waals surface area contributed by atoms with Crippen LogP contribution in [-0.2, 0) is 4.74 Å². The van der Waals surface area contributed by atoms with Gasteiger partial charge in [0.15, 0.2) is 5.69 Å². The van der Waals surface area contributed by atoms with E-state index in [4.69, 9.17) is 0 Å². The van der Waals surface area contributed by atoms with Crippen molar-refractivity contribution >= 4 is 30.8 Å². The lowest BCUT2D eigenvalue weighted by Gasteiger charge is -1.93. The van der Waals surface area contributed by atoms with Crippen molar-refractivity contribution in [2.45, 2.75) is 0 Å². The molecule has 12 heavy (non-hydrogen) atoms. The van der Waals surface area contributed by atoms with Gasteiger partial charge in [0.05, 0.1) is 7.11 Å². The fourth-order valence-electron chi connectivity index (χ4n) is 0.515. The van der Waals surface area contributed by atoms with Crippen molar-refractivity contribution in [3.05, 3.63) is 24.0 Å². The summed E-state index contributed by atoms with van der Waals surface area (Å²) in [5.74, 6) is -0.465. The van der Waals surface area contributed by atoms with Crippen LogP contribution in [0.5, 0.6) is 0 Å². The number of hydrogen-bond donors (Lipinski definition) is 0. The molecule has 1 rings (SSSR count). The number of hydrogen-bond acceptors (Lipinski definition) is 4. The highest BCUT2D eigenvalue weighted by atomic mass is 35.5. The van der Waals surface area contributed by atoms with Crippen LogP contribution in [0.25, 0.3) is 0 Å². The van der Waals surface area contributed by atoms with E-state index in [1.807, 2.05) is 0 Å². The first-order valence-electron chi connectivity index (χ1n) is 2.70. The lowest BCUT2D eigenvalue weighted by Crippen LogP contribution is -2.04. The van der Waals surface area contributed by atoms with E-state index in [0.29, 0.717) is 0 Å². The molecule has 1 heterocycles. The van der Waals surface area contributed by atoms with Crippen molar-refractivity contribution < 1.29 is 9.53 Å². The zero-order valence-electron chi connectivity index (χ0n) is 6.26. The lowest BCUT2D eigenvalue weighted by molar-refractivity contribution is 0.0592. The summed E-state index contributed by atoms with van der Waals surface area (Å²) < 4.78 is 4.39.